The Hall–Kier alpha value is -3.64. The summed E-state index contributed by atoms with van der Waals surface area (Å²) in [6.45, 7) is 0. The van der Waals surface area contributed by atoms with Gasteiger partial charge in [0.25, 0.3) is 5.56 Å². The molecule has 5 rings (SSSR count). The van der Waals surface area contributed by atoms with Crippen LogP contribution in [-0.2, 0) is 7.05 Å². The number of aryl methyl sites for hydroxylation is 1. The summed E-state index contributed by atoms with van der Waals surface area (Å²) in [5.41, 5.74) is 2.53. The first kappa shape index (κ1) is 18.4. The monoisotopic (exact) mass is 413 g/mol. The summed E-state index contributed by atoms with van der Waals surface area (Å²) < 4.78 is 2.64. The summed E-state index contributed by atoms with van der Waals surface area (Å²) in [7, 11) is 1.73. The average molecular weight is 414 g/mol. The first-order valence-electron chi connectivity index (χ1n) is 9.61. The predicted molar refractivity (Wildman–Crippen MR) is 122 cm³/mol. The van der Waals surface area contributed by atoms with Crippen LogP contribution in [0.5, 0.6) is 5.75 Å². The molecule has 0 radical (unpaired) electrons. The smallest absolute Gasteiger partial charge is 0.260 e. The van der Waals surface area contributed by atoms with Gasteiger partial charge >= 0.3 is 0 Å². The van der Waals surface area contributed by atoms with E-state index in [1.54, 1.807) is 11.6 Å². The number of fused-ring (bicyclic) bond motifs is 2. The molecule has 0 aliphatic heterocycles. The second kappa shape index (κ2) is 7.31. The minimum Gasteiger partial charge on any atom is -0.507 e. The lowest BCUT2D eigenvalue weighted by Crippen LogP contribution is -2.27. The van der Waals surface area contributed by atoms with Crippen molar-refractivity contribution in [2.24, 2.45) is 7.05 Å². The normalized spacial score (nSPS) is 12.3. The van der Waals surface area contributed by atoms with Crippen molar-refractivity contribution >= 4 is 37.6 Å². The molecule has 30 heavy (non-hydrogen) atoms. The van der Waals surface area contributed by atoms with Crippen molar-refractivity contribution in [3.63, 3.8) is 0 Å². The van der Waals surface area contributed by atoms with Crippen LogP contribution in [-0.4, -0.2) is 14.7 Å². The number of nitrogens with zero attached hydrogens (tertiary/aromatic N) is 2. The molecule has 5 nitrogen and oxygen atoms in total. The van der Waals surface area contributed by atoms with Gasteiger partial charge in [0, 0.05) is 12.4 Å². The fourth-order valence-corrected chi connectivity index (χ4v) is 4.68. The summed E-state index contributed by atoms with van der Waals surface area (Å²) in [5.74, 6) is -0.00355. The standard InChI is InChI=1S/C24H19N3O2S/c1-27-18-13-7-5-11-16(18)22(28)20(23(27)29)21(15-9-3-2-4-10-15)26-24-25-17-12-6-8-14-19(17)30-24/h2-14,21,28H,1H3,(H,25,26). The van der Waals surface area contributed by atoms with Gasteiger partial charge in [-0.2, -0.15) is 0 Å². The maximum atomic E-state index is 13.3. The Balaban J connectivity index is 1.72. The molecule has 1 unspecified atom stereocenters. The van der Waals surface area contributed by atoms with Crippen LogP contribution in [0.3, 0.4) is 0 Å². The van der Waals surface area contributed by atoms with Crippen LogP contribution in [0.15, 0.2) is 83.7 Å². The Morgan fingerprint density at radius 3 is 2.47 bits per heavy atom. The molecule has 2 aromatic heterocycles. The SMILES string of the molecule is Cn1c(=O)c(C(Nc2nc3ccccc3s2)c2ccccc2)c(O)c2ccccc21. The third-order valence-corrected chi connectivity index (χ3v) is 6.26. The van der Waals surface area contributed by atoms with E-state index in [1.165, 1.54) is 11.3 Å². The lowest BCUT2D eigenvalue weighted by atomic mass is 9.97. The average Bonchev–Trinajstić information content (AvgIpc) is 3.20. The molecular formula is C24H19N3O2S. The Morgan fingerprint density at radius 1 is 0.967 bits per heavy atom. The molecular weight excluding hydrogens is 394 g/mol. The molecule has 5 aromatic rings. The van der Waals surface area contributed by atoms with Crippen LogP contribution >= 0.6 is 11.3 Å². The number of aromatic nitrogens is 2. The molecule has 0 amide bonds. The molecule has 148 valence electrons. The van der Waals surface area contributed by atoms with E-state index in [-0.39, 0.29) is 11.3 Å². The highest BCUT2D eigenvalue weighted by atomic mass is 32.1. The van der Waals surface area contributed by atoms with E-state index < -0.39 is 6.04 Å². The Kier molecular flexibility index (Phi) is 4.48. The third kappa shape index (κ3) is 3.02. The highest BCUT2D eigenvalue weighted by Crippen LogP contribution is 2.36. The zero-order chi connectivity index (χ0) is 20.7. The second-order valence-electron chi connectivity index (χ2n) is 7.12. The molecule has 2 heterocycles. The second-order valence-corrected chi connectivity index (χ2v) is 8.15. The molecule has 0 spiro atoms. The zero-order valence-corrected chi connectivity index (χ0v) is 17.1. The quantitative estimate of drug-likeness (QED) is 0.432. The molecule has 0 saturated carbocycles. The van der Waals surface area contributed by atoms with E-state index in [0.717, 1.165) is 15.8 Å². The number of benzene rings is 3. The predicted octanol–water partition coefficient (Wildman–Crippen LogP) is 5.06. The first-order valence-corrected chi connectivity index (χ1v) is 10.4. The fourth-order valence-electron chi connectivity index (χ4n) is 3.79. The van der Waals surface area contributed by atoms with Gasteiger partial charge < -0.3 is 15.0 Å². The van der Waals surface area contributed by atoms with Gasteiger partial charge in [-0.05, 0) is 29.8 Å². The number of anilines is 1. The van der Waals surface area contributed by atoms with Gasteiger partial charge in [-0.25, -0.2) is 4.98 Å². The van der Waals surface area contributed by atoms with E-state index >= 15 is 0 Å². The Labute approximate surface area is 176 Å². The van der Waals surface area contributed by atoms with Crippen molar-refractivity contribution in [3.05, 3.63) is 100 Å². The molecule has 0 aliphatic rings. The van der Waals surface area contributed by atoms with E-state index in [9.17, 15) is 9.90 Å². The zero-order valence-electron chi connectivity index (χ0n) is 16.2. The van der Waals surface area contributed by atoms with Gasteiger partial charge in [-0.3, -0.25) is 4.79 Å². The molecule has 0 bridgehead atoms. The third-order valence-electron chi connectivity index (χ3n) is 5.29. The van der Waals surface area contributed by atoms with Gasteiger partial charge in [-0.1, -0.05) is 65.9 Å². The summed E-state index contributed by atoms with van der Waals surface area (Å²) in [6, 6.07) is 24.4. The van der Waals surface area contributed by atoms with E-state index in [1.807, 2.05) is 78.9 Å². The number of hydrogen-bond acceptors (Lipinski definition) is 5. The van der Waals surface area contributed by atoms with Crippen molar-refractivity contribution < 1.29 is 5.11 Å². The molecule has 0 fully saturated rings. The van der Waals surface area contributed by atoms with Gasteiger partial charge in [-0.15, -0.1) is 0 Å². The van der Waals surface area contributed by atoms with Crippen molar-refractivity contribution in [2.75, 3.05) is 5.32 Å². The van der Waals surface area contributed by atoms with Crippen molar-refractivity contribution in [3.8, 4) is 5.75 Å². The molecule has 0 saturated heterocycles. The summed E-state index contributed by atoms with van der Waals surface area (Å²) >= 11 is 1.52. The van der Waals surface area contributed by atoms with E-state index in [4.69, 9.17) is 0 Å². The highest BCUT2D eigenvalue weighted by molar-refractivity contribution is 7.22. The minimum absolute atomic E-state index is 0.00355. The highest BCUT2D eigenvalue weighted by Gasteiger charge is 2.25. The Morgan fingerprint density at radius 2 is 1.67 bits per heavy atom. The summed E-state index contributed by atoms with van der Waals surface area (Å²) in [4.78, 5) is 18.0. The number of thiazole rings is 1. The van der Waals surface area contributed by atoms with Crippen LogP contribution in [0.1, 0.15) is 17.2 Å². The van der Waals surface area contributed by atoms with E-state index in [0.29, 0.717) is 21.6 Å². The van der Waals surface area contributed by atoms with Crippen LogP contribution in [0.2, 0.25) is 0 Å². The van der Waals surface area contributed by atoms with Gasteiger partial charge in [0.2, 0.25) is 0 Å². The van der Waals surface area contributed by atoms with Crippen LogP contribution < -0.4 is 10.9 Å². The van der Waals surface area contributed by atoms with E-state index in [2.05, 4.69) is 10.3 Å². The maximum absolute atomic E-state index is 13.3. The number of hydrogen-bond donors (Lipinski definition) is 2. The van der Waals surface area contributed by atoms with Gasteiger partial charge in [0.1, 0.15) is 5.75 Å². The number of aromatic hydroxyl groups is 1. The lowest BCUT2D eigenvalue weighted by molar-refractivity contribution is 0.469. The van der Waals surface area contributed by atoms with Gasteiger partial charge in [0.05, 0.1) is 27.3 Å². The van der Waals surface area contributed by atoms with Gasteiger partial charge in [0.15, 0.2) is 5.13 Å². The minimum atomic E-state index is -0.546. The molecule has 2 N–H and O–H groups in total. The van der Waals surface area contributed by atoms with Crippen molar-refractivity contribution in [1.82, 2.24) is 9.55 Å². The number of nitrogens with one attached hydrogen (secondary N) is 1. The number of pyridine rings is 1. The van der Waals surface area contributed by atoms with Crippen molar-refractivity contribution in [1.29, 1.82) is 0 Å². The maximum Gasteiger partial charge on any atom is 0.260 e. The molecule has 6 heteroatoms. The van der Waals surface area contributed by atoms with Crippen LogP contribution in [0.4, 0.5) is 5.13 Å². The first-order chi connectivity index (χ1) is 14.6. The summed E-state index contributed by atoms with van der Waals surface area (Å²) in [6.07, 6.45) is 0. The molecule has 3 aromatic carbocycles. The Bertz CT molecular complexity index is 1390. The topological polar surface area (TPSA) is 67.2 Å². The van der Waals surface area contributed by atoms with Crippen molar-refractivity contribution in [2.45, 2.75) is 6.04 Å². The lowest BCUT2D eigenvalue weighted by Gasteiger charge is -2.21. The number of para-hydroxylation sites is 2. The van der Waals surface area contributed by atoms with Crippen LogP contribution in [0, 0.1) is 0 Å². The largest absolute Gasteiger partial charge is 0.507 e. The molecule has 0 aliphatic carbocycles. The van der Waals surface area contributed by atoms with Crippen LogP contribution in [0.25, 0.3) is 21.1 Å². The number of rotatable bonds is 4. The summed E-state index contributed by atoms with van der Waals surface area (Å²) in [5, 5.41) is 15.9. The fraction of sp³-hybridized carbons (Fsp3) is 0.0833. The molecule has 1 atom stereocenters.